The summed E-state index contributed by atoms with van der Waals surface area (Å²) in [5.74, 6) is -1.76. The normalized spacial score (nSPS) is 24.6. The molecule has 0 spiro atoms. The molecule has 0 radical (unpaired) electrons. The van der Waals surface area contributed by atoms with Crippen molar-refractivity contribution in [1.29, 1.82) is 10.5 Å². The van der Waals surface area contributed by atoms with Crippen LogP contribution in [0.25, 0.3) is 22.3 Å². The topological polar surface area (TPSA) is 318 Å². The van der Waals surface area contributed by atoms with Crippen molar-refractivity contribution in [2.75, 3.05) is 37.1 Å². The second-order valence-corrected chi connectivity index (χ2v) is 20.5. The Morgan fingerprint density at radius 3 is 2.18 bits per heavy atom. The number of H-pyrrole nitrogens is 1. The summed E-state index contributed by atoms with van der Waals surface area (Å²) in [5, 5.41) is 33.8. The van der Waals surface area contributed by atoms with Gasteiger partial charge in [0.15, 0.2) is 52.9 Å². The zero-order valence-corrected chi connectivity index (χ0v) is 38.4. The molecule has 10 atom stereocenters. The summed E-state index contributed by atoms with van der Waals surface area (Å²) in [4.78, 5) is 72.5. The molecule has 2 aliphatic rings. The summed E-state index contributed by atoms with van der Waals surface area (Å²) in [6.45, 7) is -7.76. The van der Waals surface area contributed by atoms with Crippen LogP contribution in [-0.2, 0) is 60.5 Å². The van der Waals surface area contributed by atoms with E-state index in [1.807, 2.05) is 12.1 Å². The van der Waals surface area contributed by atoms with E-state index in [4.69, 9.17) is 61.0 Å². The van der Waals surface area contributed by atoms with Crippen molar-refractivity contribution >= 4 is 83.0 Å². The van der Waals surface area contributed by atoms with Gasteiger partial charge in [-0.2, -0.15) is 15.5 Å². The van der Waals surface area contributed by atoms with Crippen LogP contribution in [-0.4, -0.2) is 124 Å². The molecule has 0 bridgehead atoms. The number of aliphatic hydroxyl groups is 1. The monoisotopic (exact) mass is 1010 g/mol. The molecule has 67 heavy (non-hydrogen) atoms. The van der Waals surface area contributed by atoms with Crippen molar-refractivity contribution in [3.8, 4) is 12.1 Å². The Kier molecular flexibility index (Phi) is 15.9. The number of rotatable bonds is 20. The highest BCUT2D eigenvalue weighted by atomic mass is 32.5. The van der Waals surface area contributed by atoms with E-state index in [0.717, 1.165) is 17.2 Å². The van der Waals surface area contributed by atoms with Gasteiger partial charge in [0.2, 0.25) is 11.9 Å². The van der Waals surface area contributed by atoms with Gasteiger partial charge in [-0.1, -0.05) is 32.0 Å². The first-order valence-electron chi connectivity index (χ1n) is 20.1. The summed E-state index contributed by atoms with van der Waals surface area (Å²) >= 11 is 10.8. The summed E-state index contributed by atoms with van der Waals surface area (Å²) in [7, 11) is 0. The van der Waals surface area contributed by atoms with E-state index in [2.05, 4.69) is 40.5 Å². The van der Waals surface area contributed by atoms with Crippen molar-refractivity contribution in [3.05, 3.63) is 65.2 Å². The fourth-order valence-electron chi connectivity index (χ4n) is 6.71. The number of carbonyl (C=O) groups is 2. The van der Waals surface area contributed by atoms with Crippen LogP contribution < -0.4 is 16.2 Å². The molecule has 2 saturated heterocycles. The number of nitriles is 2. The highest BCUT2D eigenvalue weighted by Crippen LogP contribution is 2.56. The molecule has 1 aromatic carbocycles. The maximum absolute atomic E-state index is 16.8. The molecule has 2 aliphatic heterocycles. The standard InChI is InChI=1S/C37H40F2N12O12P2S2/c1-19(2)32(53)48-37-47-31-26(34(55)49-37)45-18-51(31)36-24(39)28(62-64(56,66)57-12-6-10-40)22(61-36)15-59-65(67,58-13-7-11-41)63-27-21(14-52)60-35(23(27)38)50-17-44-25-29(42-16-43-30(25)50)46-33(54)20-8-4-3-5-9-20/h3-5,8-9,16-19,21-24,27-28,35-36,52H,6-7,12-15H2,1-2H3,(H,56,66)(H,42,43,46,54)(H2,47,48,49,53,55)/t21?,22?,23-,24-,27-,28-,35?,36?,64?,65?/m1/s1. The Morgan fingerprint density at radius 1 is 0.896 bits per heavy atom. The van der Waals surface area contributed by atoms with Crippen LogP contribution in [0.15, 0.2) is 54.1 Å². The number of halogens is 2. The van der Waals surface area contributed by atoms with Crippen LogP contribution in [0.4, 0.5) is 20.5 Å². The van der Waals surface area contributed by atoms with Gasteiger partial charge in [-0.05, 0) is 35.7 Å². The van der Waals surface area contributed by atoms with Gasteiger partial charge < -0.3 is 38.4 Å². The van der Waals surface area contributed by atoms with Crippen molar-refractivity contribution < 1.29 is 60.5 Å². The molecule has 0 saturated carbocycles. The van der Waals surface area contributed by atoms with E-state index in [1.54, 1.807) is 44.2 Å². The summed E-state index contributed by atoms with van der Waals surface area (Å²) < 4.78 is 76.3. The lowest BCUT2D eigenvalue weighted by Crippen LogP contribution is -2.35. The molecule has 356 valence electrons. The number of aliphatic hydroxyl groups excluding tert-OH is 1. The van der Waals surface area contributed by atoms with E-state index in [9.17, 15) is 29.6 Å². The third kappa shape index (κ3) is 11.2. The Labute approximate surface area is 388 Å². The molecule has 5 N–H and O–H groups in total. The van der Waals surface area contributed by atoms with Crippen molar-refractivity contribution in [2.45, 2.75) is 75.9 Å². The first-order chi connectivity index (χ1) is 32.1. The van der Waals surface area contributed by atoms with E-state index in [-0.39, 0.29) is 53.5 Å². The maximum atomic E-state index is 16.8. The van der Waals surface area contributed by atoms with Gasteiger partial charge >= 0.3 is 13.4 Å². The van der Waals surface area contributed by atoms with Gasteiger partial charge in [-0.15, -0.1) is 0 Å². The van der Waals surface area contributed by atoms with Gasteiger partial charge in [0.25, 0.3) is 11.5 Å². The SMILES string of the molecule is CC(C)C(=O)Nc1nc2c(ncn2C2OC(COP(=S)(OCCC#N)O[C@@H]3C(CO)OC(n4cnc5c(NC(=O)c6ccccc6)ncnc54)[C@@H]3F)[C@@H](OP(O)(=S)OCCC#N)[C@H]2F)c(=O)[nH]1. The van der Waals surface area contributed by atoms with Crippen LogP contribution in [0.5, 0.6) is 0 Å². The number of hydrogen-bond acceptors (Lipinski definition) is 20. The molecular weight excluding hydrogens is 969 g/mol. The Bertz CT molecular complexity index is 2850. The third-order valence-electron chi connectivity index (χ3n) is 9.92. The third-order valence-corrected chi connectivity index (χ3v) is 13.9. The number of amides is 2. The molecule has 6 heterocycles. The molecule has 24 nitrogen and oxygen atoms in total. The first kappa shape index (κ1) is 49.7. The van der Waals surface area contributed by atoms with Crippen LogP contribution in [0, 0.1) is 28.6 Å². The van der Waals surface area contributed by atoms with Gasteiger partial charge in [0.1, 0.15) is 30.7 Å². The quantitative estimate of drug-likeness (QED) is 0.0551. The molecule has 4 aromatic heterocycles. The number of anilines is 2. The summed E-state index contributed by atoms with van der Waals surface area (Å²) in [6.07, 6.45) is -11.4. The van der Waals surface area contributed by atoms with E-state index in [0.29, 0.717) is 5.56 Å². The number of aromatic amines is 1. The lowest BCUT2D eigenvalue weighted by molar-refractivity contribution is -0.118. The Hall–Kier alpha value is -5.16. The van der Waals surface area contributed by atoms with Crippen molar-refractivity contribution in [1.82, 2.24) is 39.0 Å². The molecule has 30 heteroatoms. The number of nitrogens with zero attached hydrogens (tertiary/aromatic N) is 9. The largest absolute Gasteiger partial charge is 0.394 e. The number of aromatic nitrogens is 8. The Balaban J connectivity index is 1.14. The van der Waals surface area contributed by atoms with E-state index >= 15 is 8.78 Å². The number of nitrogens with one attached hydrogen (secondary N) is 3. The number of hydrogen-bond donors (Lipinski definition) is 5. The second kappa shape index (κ2) is 21.4. The predicted molar refractivity (Wildman–Crippen MR) is 235 cm³/mol. The summed E-state index contributed by atoms with van der Waals surface area (Å²) in [6, 6.07) is 12.0. The lowest BCUT2D eigenvalue weighted by atomic mass is 10.1. The average molecular weight is 1010 g/mol. The zero-order chi connectivity index (χ0) is 48.0. The van der Waals surface area contributed by atoms with Crippen LogP contribution in [0.3, 0.4) is 0 Å². The molecule has 2 fully saturated rings. The van der Waals surface area contributed by atoms with Crippen molar-refractivity contribution in [2.24, 2.45) is 5.92 Å². The zero-order valence-electron chi connectivity index (χ0n) is 35.0. The minimum Gasteiger partial charge on any atom is -0.394 e. The lowest BCUT2D eigenvalue weighted by Gasteiger charge is -2.29. The van der Waals surface area contributed by atoms with Gasteiger partial charge in [0, 0.05) is 11.5 Å². The van der Waals surface area contributed by atoms with Crippen LogP contribution in [0.1, 0.15) is 49.5 Å². The predicted octanol–water partition coefficient (Wildman–Crippen LogP) is 3.36. The smallest absolute Gasteiger partial charge is 0.327 e. The molecule has 6 unspecified atom stereocenters. The molecular formula is C37H40F2N12O12P2S2. The van der Waals surface area contributed by atoms with Gasteiger partial charge in [0.05, 0.1) is 64.1 Å². The fourth-order valence-corrected chi connectivity index (χ4v) is 10.3. The number of ether oxygens (including phenoxy) is 2. The number of carbonyl (C=O) groups excluding carboxylic acids is 2. The molecule has 0 aliphatic carbocycles. The van der Waals surface area contributed by atoms with Crippen molar-refractivity contribution in [3.63, 3.8) is 0 Å². The first-order valence-corrected chi connectivity index (χ1v) is 25.2. The fraction of sp³-hybridized carbons (Fsp3) is 0.459. The molecule has 5 aromatic rings. The number of alkyl halides is 2. The number of fused-ring (bicyclic) bond motifs is 2. The van der Waals surface area contributed by atoms with E-state index in [1.165, 1.54) is 10.9 Å². The van der Waals surface area contributed by atoms with Crippen LogP contribution >= 0.6 is 13.4 Å². The molecule has 2 amide bonds. The highest BCUT2D eigenvalue weighted by Gasteiger charge is 2.53. The Morgan fingerprint density at radius 2 is 1.52 bits per heavy atom. The van der Waals surface area contributed by atoms with Gasteiger partial charge in [-0.3, -0.25) is 42.9 Å². The summed E-state index contributed by atoms with van der Waals surface area (Å²) in [5.41, 5.74) is -0.841. The second-order valence-electron chi connectivity index (χ2n) is 14.8. The number of benzene rings is 1. The minimum atomic E-state index is -4.33. The molecule has 7 rings (SSSR count). The maximum Gasteiger partial charge on any atom is 0.327 e. The van der Waals surface area contributed by atoms with Gasteiger partial charge in [-0.25, -0.2) is 28.7 Å². The van der Waals surface area contributed by atoms with E-state index < -0.39 is 106 Å². The van der Waals surface area contributed by atoms with Crippen LogP contribution in [0.2, 0.25) is 0 Å². The highest BCUT2D eigenvalue weighted by molar-refractivity contribution is 8.07. The number of imidazole rings is 2. The average Bonchev–Trinajstić information content (AvgIpc) is 4.07. The minimum absolute atomic E-state index is 0.0119.